The van der Waals surface area contributed by atoms with E-state index in [4.69, 9.17) is 0 Å². The molecule has 0 saturated carbocycles. The smallest absolute Gasteiger partial charge is 0.311 e. The Morgan fingerprint density at radius 1 is 0.771 bits per heavy atom. The highest BCUT2D eigenvalue weighted by atomic mass is 32.2. The molecule has 0 spiro atoms. The number of benzene rings is 2. The maximum absolute atomic E-state index is 13.0. The fourth-order valence-corrected chi connectivity index (χ4v) is 8.26. The van der Waals surface area contributed by atoms with Crippen LogP contribution in [0.4, 0.5) is 0 Å². The van der Waals surface area contributed by atoms with Crippen LogP contribution in [-0.2, 0) is 19.7 Å². The molecule has 12 heteroatoms. The Balaban J connectivity index is 1.54. The number of nitrogens with zero attached hydrogens (tertiary/aromatic N) is 1. The second-order valence-corrected chi connectivity index (χ2v) is 14.1. The van der Waals surface area contributed by atoms with E-state index in [-0.39, 0.29) is 46.1 Å². The van der Waals surface area contributed by atoms with E-state index in [1.165, 1.54) is 0 Å². The Kier molecular flexibility index (Phi) is 7.04. The molecule has 2 saturated heterocycles. The van der Waals surface area contributed by atoms with Crippen LogP contribution in [0.15, 0.2) is 58.3 Å². The molecule has 0 aromatic heterocycles. The number of hydrogen-bond donors (Lipinski definition) is 3. The second-order valence-electron chi connectivity index (χ2n) is 10.1. The number of hydrogen-bond acceptors (Lipinski definition) is 6. The summed E-state index contributed by atoms with van der Waals surface area (Å²) in [6.45, 7) is 5.56. The van der Waals surface area contributed by atoms with Gasteiger partial charge in [-0.2, -0.15) is 0 Å². The van der Waals surface area contributed by atoms with Gasteiger partial charge in [-0.25, -0.2) is 16.8 Å². The van der Waals surface area contributed by atoms with Gasteiger partial charge in [0.25, 0.3) is 0 Å². The molecule has 2 aliphatic rings. The molecule has 3 N–H and O–H groups in total. The number of nitro groups is 1. The minimum absolute atomic E-state index is 0.0443. The fraction of sp³-hybridized carbons (Fsp3) is 0.478. The molecule has 0 aliphatic carbocycles. The fourth-order valence-electron chi connectivity index (χ4n) is 5.30. The monoisotopic (exact) mass is 525 g/mol. The molecule has 2 aromatic rings. The van der Waals surface area contributed by atoms with Gasteiger partial charge in [0.05, 0.1) is 9.79 Å². The average Bonchev–Trinajstić information content (AvgIpc) is 2.89. The predicted octanol–water partition coefficient (Wildman–Crippen LogP) is -2.88. The van der Waals surface area contributed by atoms with Crippen molar-refractivity contribution in [3.8, 4) is 0 Å². The summed E-state index contributed by atoms with van der Waals surface area (Å²) in [5, 5.41) is 12.3. The zero-order valence-corrected chi connectivity index (χ0v) is 21.6. The topological polar surface area (TPSA) is 125 Å². The summed E-state index contributed by atoms with van der Waals surface area (Å²) in [6, 6.07) is 13.2. The molecule has 10 nitrogen and oxygen atoms in total. The lowest BCUT2D eigenvalue weighted by molar-refractivity contribution is -1.11. The van der Waals surface area contributed by atoms with Crippen molar-refractivity contribution in [1.82, 2.24) is 0 Å². The Labute approximate surface area is 206 Å². The number of rotatable bonds is 7. The van der Waals surface area contributed by atoms with Gasteiger partial charge in [0.2, 0.25) is 26.3 Å². The lowest BCUT2D eigenvalue weighted by atomic mass is 9.97. The molecule has 190 valence electrons. The van der Waals surface area contributed by atoms with Crippen LogP contribution in [0.25, 0.3) is 0 Å². The van der Waals surface area contributed by atoms with E-state index >= 15 is 0 Å². The first-order chi connectivity index (χ1) is 16.4. The zero-order chi connectivity index (χ0) is 25.4. The van der Waals surface area contributed by atoms with E-state index in [9.17, 15) is 26.9 Å². The van der Waals surface area contributed by atoms with Gasteiger partial charge < -0.3 is 4.90 Å². The van der Waals surface area contributed by atoms with Crippen LogP contribution in [0.2, 0.25) is 0 Å². The number of quaternary nitrogens is 3. The first-order valence-corrected chi connectivity index (χ1v) is 14.9. The van der Waals surface area contributed by atoms with Gasteiger partial charge in [-0.15, -0.1) is 0 Å². The van der Waals surface area contributed by atoms with Crippen LogP contribution >= 0.6 is 0 Å². The number of aryl methyl sites for hydroxylation is 2. The summed E-state index contributed by atoms with van der Waals surface area (Å²) >= 11 is 0. The molecule has 0 amide bonds. The summed E-state index contributed by atoms with van der Waals surface area (Å²) in [5.41, 5.74) is 0.513. The van der Waals surface area contributed by atoms with Crippen molar-refractivity contribution in [2.24, 2.45) is 0 Å². The van der Waals surface area contributed by atoms with E-state index in [1.54, 1.807) is 48.5 Å². The first kappa shape index (κ1) is 25.7. The highest BCUT2D eigenvalue weighted by molar-refractivity contribution is 7.91. The molecule has 4 atom stereocenters. The van der Waals surface area contributed by atoms with E-state index < -0.39 is 25.2 Å². The summed E-state index contributed by atoms with van der Waals surface area (Å²) in [4.78, 5) is 14.7. The van der Waals surface area contributed by atoms with Crippen LogP contribution in [0.1, 0.15) is 11.1 Å². The third kappa shape index (κ3) is 5.72. The van der Waals surface area contributed by atoms with Crippen molar-refractivity contribution in [2.75, 3.05) is 51.1 Å². The highest BCUT2D eigenvalue weighted by Gasteiger charge is 2.60. The van der Waals surface area contributed by atoms with Gasteiger partial charge in [0.1, 0.15) is 13.1 Å². The lowest BCUT2D eigenvalue weighted by Gasteiger charge is -2.34. The molecule has 2 aromatic carbocycles. The minimum Gasteiger partial charge on any atom is -0.311 e. The van der Waals surface area contributed by atoms with E-state index in [1.807, 2.05) is 13.8 Å². The number of sulfone groups is 2. The van der Waals surface area contributed by atoms with Gasteiger partial charge in [0.15, 0.2) is 31.4 Å². The van der Waals surface area contributed by atoms with Crippen LogP contribution in [0.5, 0.6) is 0 Å². The van der Waals surface area contributed by atoms with Crippen LogP contribution in [0, 0.1) is 24.0 Å². The van der Waals surface area contributed by atoms with Gasteiger partial charge >= 0.3 is 5.54 Å². The van der Waals surface area contributed by atoms with Crippen molar-refractivity contribution in [3.05, 3.63) is 69.8 Å². The van der Waals surface area contributed by atoms with Gasteiger partial charge in [-0.1, -0.05) is 35.4 Å². The normalized spacial score (nSPS) is 27.2. The summed E-state index contributed by atoms with van der Waals surface area (Å²) in [6.07, 6.45) is 0. The first-order valence-electron chi connectivity index (χ1n) is 11.6. The Morgan fingerprint density at radius 2 is 1.23 bits per heavy atom. The van der Waals surface area contributed by atoms with Gasteiger partial charge in [-0.3, -0.25) is 19.9 Å². The third-order valence-corrected chi connectivity index (χ3v) is 10.6. The van der Waals surface area contributed by atoms with E-state index in [2.05, 4.69) is 0 Å². The Morgan fingerprint density at radius 3 is 1.71 bits per heavy atom. The van der Waals surface area contributed by atoms with Gasteiger partial charge in [-0.05, 0) is 38.1 Å². The van der Waals surface area contributed by atoms with Crippen molar-refractivity contribution >= 4 is 19.7 Å². The lowest BCUT2D eigenvalue weighted by Crippen LogP contribution is -3.36. The molecule has 2 fully saturated rings. The van der Waals surface area contributed by atoms with Crippen LogP contribution in [0.3, 0.4) is 0 Å². The number of fused-ring (bicyclic) bond motifs is 2. The molecule has 0 radical (unpaired) electrons. The molecule has 4 rings (SSSR count). The van der Waals surface area contributed by atoms with Crippen LogP contribution < -0.4 is 14.7 Å². The largest absolute Gasteiger partial charge is 0.363 e. The molecular formula is C23H33N4O6S2+3. The molecular weight excluding hydrogens is 492 g/mol. The van der Waals surface area contributed by atoms with Crippen molar-refractivity contribution < 1.29 is 36.5 Å². The Bertz CT molecular complexity index is 1220. The maximum atomic E-state index is 13.0. The standard InChI is InChI=1S/C23H30N4O6S2/c1-19-3-7-21(8-4-19)34(30,31)17-25-12-11-24-13-23(14-25,27(28)29)15-26(16-24)18-35(32,33)22-9-5-20(2)6-10-22/h3-10H,11-18H2,1-2H3/p+3/t23-/m0/s1. The molecule has 35 heavy (non-hydrogen) atoms. The maximum Gasteiger partial charge on any atom is 0.363 e. The van der Waals surface area contributed by atoms with E-state index in [0.717, 1.165) is 16.0 Å². The number of nitrogens with one attached hydrogen (secondary N) is 3. The van der Waals surface area contributed by atoms with Crippen molar-refractivity contribution in [2.45, 2.75) is 29.2 Å². The summed E-state index contributed by atoms with van der Waals surface area (Å²) in [5.74, 6) is -0.456. The summed E-state index contributed by atoms with van der Waals surface area (Å²) < 4.78 is 52.2. The third-order valence-electron chi connectivity index (χ3n) is 7.01. The van der Waals surface area contributed by atoms with Gasteiger partial charge in [0, 0.05) is 4.92 Å². The Hall–Kier alpha value is -2.38. The molecule has 2 aliphatic heterocycles. The highest BCUT2D eigenvalue weighted by Crippen LogP contribution is 2.13. The minimum atomic E-state index is -3.63. The predicted molar refractivity (Wildman–Crippen MR) is 128 cm³/mol. The zero-order valence-electron chi connectivity index (χ0n) is 20.0. The van der Waals surface area contributed by atoms with Crippen LogP contribution in [-0.4, -0.2) is 78.4 Å². The second kappa shape index (κ2) is 9.58. The molecule has 3 unspecified atom stereocenters. The average molecular weight is 526 g/mol. The molecule has 2 heterocycles. The van der Waals surface area contributed by atoms with Crippen molar-refractivity contribution in [3.63, 3.8) is 0 Å². The molecule has 2 bridgehead atoms. The van der Waals surface area contributed by atoms with Crippen molar-refractivity contribution in [1.29, 1.82) is 0 Å². The SMILES string of the molecule is Cc1ccc(S(=O)(=O)C[NH+]2CC[NH+]3C[NH+](CS(=O)(=O)c4ccc(C)cc4)C[C@]([N+](=O)[O-])(C3)C2)cc1. The van der Waals surface area contributed by atoms with E-state index in [0.29, 0.717) is 29.6 Å². The summed E-state index contributed by atoms with van der Waals surface area (Å²) in [7, 11) is -7.26. The quantitative estimate of drug-likeness (QED) is 0.264.